The highest BCUT2D eigenvalue weighted by Gasteiger charge is 2.09. The lowest BCUT2D eigenvalue weighted by molar-refractivity contribution is 0.525. The van der Waals surface area contributed by atoms with E-state index in [1.54, 1.807) is 19.3 Å². The van der Waals surface area contributed by atoms with E-state index in [-0.39, 0.29) is 11.9 Å². The molecule has 0 saturated heterocycles. The molecule has 0 aliphatic rings. The molecule has 0 saturated carbocycles. The summed E-state index contributed by atoms with van der Waals surface area (Å²) in [7, 11) is 0. The van der Waals surface area contributed by atoms with Crippen LogP contribution >= 0.6 is 0 Å². The van der Waals surface area contributed by atoms with E-state index in [4.69, 9.17) is 5.73 Å². The van der Waals surface area contributed by atoms with Gasteiger partial charge in [-0.05, 0) is 44.0 Å². The molecule has 3 rings (SSSR count). The van der Waals surface area contributed by atoms with Crippen LogP contribution in [0.1, 0.15) is 30.5 Å². The van der Waals surface area contributed by atoms with E-state index in [1.165, 1.54) is 6.33 Å². The first kappa shape index (κ1) is 16.3. The number of rotatable bonds is 6. The molecule has 0 aliphatic carbocycles. The number of benzene rings is 1. The van der Waals surface area contributed by atoms with Crippen molar-refractivity contribution < 1.29 is 4.39 Å². The fourth-order valence-electron chi connectivity index (χ4n) is 2.63. The molecule has 6 nitrogen and oxygen atoms in total. The lowest BCUT2D eigenvalue weighted by Crippen LogP contribution is -2.21. The van der Waals surface area contributed by atoms with Crippen LogP contribution in [-0.4, -0.2) is 26.1 Å². The standard InChI is InChI=1S/C17H21FN6/c1-11-4-5-13(8-14(11)18)12(2)20-6-3-7-24-10-23-15-16(19)21-9-22-17(15)24/h4-5,8-10,12,20H,3,6-7H2,1-2H3,(H2,19,21,22). The molecule has 3 aromatic rings. The van der Waals surface area contributed by atoms with Crippen molar-refractivity contribution in [3.05, 3.63) is 47.8 Å². The van der Waals surface area contributed by atoms with Crippen LogP contribution in [0.3, 0.4) is 0 Å². The van der Waals surface area contributed by atoms with Gasteiger partial charge in [-0.25, -0.2) is 19.3 Å². The number of aryl methyl sites for hydroxylation is 2. The third-order valence-electron chi connectivity index (χ3n) is 4.15. The second-order valence-electron chi connectivity index (χ2n) is 5.91. The van der Waals surface area contributed by atoms with Gasteiger partial charge in [-0.1, -0.05) is 12.1 Å². The molecule has 0 fully saturated rings. The lowest BCUT2D eigenvalue weighted by atomic mass is 10.1. The quantitative estimate of drug-likeness (QED) is 0.680. The average Bonchev–Trinajstić information content (AvgIpc) is 2.98. The van der Waals surface area contributed by atoms with Crippen molar-refractivity contribution in [1.82, 2.24) is 24.8 Å². The fourth-order valence-corrected chi connectivity index (χ4v) is 2.63. The van der Waals surface area contributed by atoms with Crippen molar-refractivity contribution in [2.24, 2.45) is 0 Å². The predicted molar refractivity (Wildman–Crippen MR) is 91.9 cm³/mol. The van der Waals surface area contributed by atoms with Crippen molar-refractivity contribution in [1.29, 1.82) is 0 Å². The number of halogens is 1. The molecule has 0 aliphatic heterocycles. The Morgan fingerprint density at radius 1 is 1.29 bits per heavy atom. The Labute approximate surface area is 139 Å². The van der Waals surface area contributed by atoms with Crippen LogP contribution in [-0.2, 0) is 6.54 Å². The topological polar surface area (TPSA) is 81.7 Å². The highest BCUT2D eigenvalue weighted by Crippen LogP contribution is 2.17. The monoisotopic (exact) mass is 328 g/mol. The molecule has 2 aromatic heterocycles. The Balaban J connectivity index is 1.54. The van der Waals surface area contributed by atoms with Crippen LogP contribution in [0.15, 0.2) is 30.9 Å². The minimum atomic E-state index is -0.164. The first-order chi connectivity index (χ1) is 11.6. The molecule has 24 heavy (non-hydrogen) atoms. The van der Waals surface area contributed by atoms with Gasteiger partial charge in [0.25, 0.3) is 0 Å². The number of nitrogens with one attached hydrogen (secondary N) is 1. The normalized spacial score (nSPS) is 12.6. The van der Waals surface area contributed by atoms with Gasteiger partial charge in [0.05, 0.1) is 6.33 Å². The van der Waals surface area contributed by atoms with Crippen LogP contribution in [0.5, 0.6) is 0 Å². The molecule has 7 heteroatoms. The Morgan fingerprint density at radius 2 is 2.12 bits per heavy atom. The van der Waals surface area contributed by atoms with Gasteiger partial charge < -0.3 is 15.6 Å². The Morgan fingerprint density at radius 3 is 2.92 bits per heavy atom. The van der Waals surface area contributed by atoms with Crippen molar-refractivity contribution in [2.75, 3.05) is 12.3 Å². The van der Waals surface area contributed by atoms with Gasteiger partial charge in [-0.2, -0.15) is 0 Å². The van der Waals surface area contributed by atoms with E-state index >= 15 is 0 Å². The first-order valence-corrected chi connectivity index (χ1v) is 7.97. The van der Waals surface area contributed by atoms with E-state index in [2.05, 4.69) is 20.3 Å². The third-order valence-corrected chi connectivity index (χ3v) is 4.15. The van der Waals surface area contributed by atoms with Crippen LogP contribution in [0.2, 0.25) is 0 Å². The molecule has 0 bridgehead atoms. The summed E-state index contributed by atoms with van der Waals surface area (Å²) >= 11 is 0. The minimum absolute atomic E-state index is 0.0950. The number of anilines is 1. The number of imidazole rings is 1. The van der Waals surface area contributed by atoms with Crippen LogP contribution in [0.4, 0.5) is 10.2 Å². The van der Waals surface area contributed by atoms with E-state index in [1.807, 2.05) is 23.6 Å². The van der Waals surface area contributed by atoms with Gasteiger partial charge in [0.1, 0.15) is 17.7 Å². The molecule has 1 atom stereocenters. The molecular weight excluding hydrogens is 307 g/mol. The zero-order valence-electron chi connectivity index (χ0n) is 13.8. The SMILES string of the molecule is Cc1ccc(C(C)NCCCn2cnc3c(N)ncnc32)cc1F. The maximum Gasteiger partial charge on any atom is 0.165 e. The van der Waals surface area contributed by atoms with Gasteiger partial charge in [0, 0.05) is 12.6 Å². The van der Waals surface area contributed by atoms with Crippen molar-refractivity contribution in [3.8, 4) is 0 Å². The van der Waals surface area contributed by atoms with Gasteiger partial charge in [0.15, 0.2) is 11.5 Å². The van der Waals surface area contributed by atoms with Crippen molar-refractivity contribution >= 4 is 17.0 Å². The van der Waals surface area contributed by atoms with E-state index < -0.39 is 0 Å². The number of hydrogen-bond donors (Lipinski definition) is 2. The average molecular weight is 328 g/mol. The number of hydrogen-bond acceptors (Lipinski definition) is 5. The fraction of sp³-hybridized carbons (Fsp3) is 0.353. The van der Waals surface area contributed by atoms with Gasteiger partial charge >= 0.3 is 0 Å². The second kappa shape index (κ2) is 6.92. The molecule has 0 radical (unpaired) electrons. The largest absolute Gasteiger partial charge is 0.382 e. The van der Waals surface area contributed by atoms with E-state index in [0.29, 0.717) is 16.9 Å². The Kier molecular flexibility index (Phi) is 4.71. The summed E-state index contributed by atoms with van der Waals surface area (Å²) in [5, 5.41) is 3.41. The number of aromatic nitrogens is 4. The second-order valence-corrected chi connectivity index (χ2v) is 5.91. The Bertz CT molecular complexity index is 844. The molecule has 2 heterocycles. The number of nitrogens with two attached hydrogens (primary N) is 1. The number of nitrogens with zero attached hydrogens (tertiary/aromatic N) is 4. The lowest BCUT2D eigenvalue weighted by Gasteiger charge is -2.15. The predicted octanol–water partition coefficient (Wildman–Crippen LogP) is 2.60. The highest BCUT2D eigenvalue weighted by atomic mass is 19.1. The zero-order chi connectivity index (χ0) is 17.1. The summed E-state index contributed by atoms with van der Waals surface area (Å²) in [6, 6.07) is 5.46. The maximum atomic E-state index is 13.6. The van der Waals surface area contributed by atoms with Crippen LogP contribution in [0, 0.1) is 12.7 Å². The van der Waals surface area contributed by atoms with Crippen molar-refractivity contribution in [3.63, 3.8) is 0 Å². The van der Waals surface area contributed by atoms with Gasteiger partial charge in [0.2, 0.25) is 0 Å². The van der Waals surface area contributed by atoms with Crippen LogP contribution in [0.25, 0.3) is 11.2 Å². The summed E-state index contributed by atoms with van der Waals surface area (Å²) in [6.07, 6.45) is 4.07. The van der Waals surface area contributed by atoms with Gasteiger partial charge in [-0.15, -0.1) is 0 Å². The van der Waals surface area contributed by atoms with Gasteiger partial charge in [-0.3, -0.25) is 0 Å². The first-order valence-electron chi connectivity index (χ1n) is 7.97. The molecule has 126 valence electrons. The molecule has 0 amide bonds. The molecule has 1 aromatic carbocycles. The number of nitrogen functional groups attached to an aromatic ring is 1. The maximum absolute atomic E-state index is 13.6. The molecular formula is C17H21FN6. The molecule has 0 spiro atoms. The van der Waals surface area contributed by atoms with E-state index in [9.17, 15) is 4.39 Å². The number of fused-ring (bicyclic) bond motifs is 1. The zero-order valence-corrected chi connectivity index (χ0v) is 13.8. The summed E-state index contributed by atoms with van der Waals surface area (Å²) in [5.74, 6) is 0.232. The molecule has 1 unspecified atom stereocenters. The summed E-state index contributed by atoms with van der Waals surface area (Å²) < 4.78 is 15.6. The highest BCUT2D eigenvalue weighted by molar-refractivity contribution is 5.80. The third kappa shape index (κ3) is 3.35. The smallest absolute Gasteiger partial charge is 0.165 e. The summed E-state index contributed by atoms with van der Waals surface area (Å²) in [4.78, 5) is 12.4. The van der Waals surface area contributed by atoms with E-state index in [0.717, 1.165) is 30.7 Å². The van der Waals surface area contributed by atoms with Crippen molar-refractivity contribution in [2.45, 2.75) is 32.9 Å². The van der Waals surface area contributed by atoms with Crippen LogP contribution < -0.4 is 11.1 Å². The summed E-state index contributed by atoms with van der Waals surface area (Å²) in [6.45, 7) is 5.37. The molecule has 3 N–H and O–H groups in total. The minimum Gasteiger partial charge on any atom is -0.382 e. The summed E-state index contributed by atoms with van der Waals surface area (Å²) in [5.41, 5.74) is 8.78. The Hall–Kier alpha value is -2.54.